The number of anilines is 3. The first-order valence-corrected chi connectivity index (χ1v) is 13.5. The number of hydrogen-bond donors (Lipinski definition) is 1. The number of nitrogens with zero attached hydrogens (tertiary/aromatic N) is 5. The zero-order chi connectivity index (χ0) is 28.9. The summed E-state index contributed by atoms with van der Waals surface area (Å²) in [6, 6.07) is 17.2. The molecule has 212 valence electrons. The smallest absolute Gasteiger partial charge is 0.410 e. The molecule has 10 heteroatoms. The van der Waals surface area contributed by atoms with Gasteiger partial charge in [-0.25, -0.2) is 9.78 Å². The van der Waals surface area contributed by atoms with Gasteiger partial charge in [-0.2, -0.15) is 4.98 Å². The van der Waals surface area contributed by atoms with Crippen molar-refractivity contribution < 1.29 is 19.1 Å². The van der Waals surface area contributed by atoms with Gasteiger partial charge in [0.15, 0.2) is 0 Å². The summed E-state index contributed by atoms with van der Waals surface area (Å²) in [6.45, 7) is 9.59. The van der Waals surface area contributed by atoms with Crippen LogP contribution in [0.4, 0.5) is 22.2 Å². The number of rotatable bonds is 8. The highest BCUT2D eigenvalue weighted by atomic mass is 16.6. The van der Waals surface area contributed by atoms with Crippen LogP contribution in [-0.4, -0.2) is 72.7 Å². The van der Waals surface area contributed by atoms with E-state index in [1.165, 1.54) is 4.90 Å². The summed E-state index contributed by atoms with van der Waals surface area (Å²) < 4.78 is 11.9. The summed E-state index contributed by atoms with van der Waals surface area (Å²) in [4.78, 5) is 40.2. The predicted molar refractivity (Wildman–Crippen MR) is 156 cm³/mol. The summed E-state index contributed by atoms with van der Waals surface area (Å²) in [5.41, 5.74) is 1.54. The van der Waals surface area contributed by atoms with Gasteiger partial charge >= 0.3 is 6.09 Å². The number of amides is 2. The molecule has 10 nitrogen and oxygen atoms in total. The van der Waals surface area contributed by atoms with Crippen molar-refractivity contribution in [1.29, 1.82) is 0 Å². The highest BCUT2D eigenvalue weighted by Crippen LogP contribution is 2.29. The molecule has 2 aromatic carbocycles. The lowest BCUT2D eigenvalue weighted by atomic mass is 10.1. The molecule has 2 heterocycles. The van der Waals surface area contributed by atoms with E-state index in [-0.39, 0.29) is 5.91 Å². The van der Waals surface area contributed by atoms with Crippen LogP contribution in [0.1, 0.15) is 49.7 Å². The van der Waals surface area contributed by atoms with Crippen LogP contribution in [0.25, 0.3) is 0 Å². The number of carbonyl (C=O) groups is 2. The lowest BCUT2D eigenvalue weighted by Crippen LogP contribution is -2.37. The van der Waals surface area contributed by atoms with Gasteiger partial charge in [-0.15, -0.1) is 0 Å². The van der Waals surface area contributed by atoms with Crippen LogP contribution < -0.4 is 19.9 Å². The van der Waals surface area contributed by atoms with Crippen molar-refractivity contribution in [2.24, 2.45) is 0 Å². The number of ether oxygens (including phenoxy) is 2. The maximum atomic E-state index is 13.5. The number of likely N-dealkylation sites (N-methyl/N-ethyl adjacent to an activating group) is 2. The highest BCUT2D eigenvalue weighted by Gasteiger charge is 2.28. The monoisotopic (exact) mass is 546 g/mol. The van der Waals surface area contributed by atoms with Gasteiger partial charge in [-0.3, -0.25) is 4.79 Å². The topological polar surface area (TPSA) is 100 Å². The van der Waals surface area contributed by atoms with E-state index in [0.29, 0.717) is 49.3 Å². The molecule has 2 amide bonds. The summed E-state index contributed by atoms with van der Waals surface area (Å²) >= 11 is 0. The zero-order valence-corrected chi connectivity index (χ0v) is 24.0. The molecule has 0 radical (unpaired) electrons. The van der Waals surface area contributed by atoms with Crippen molar-refractivity contribution in [2.45, 2.75) is 39.4 Å². The molecule has 1 unspecified atom stereocenters. The molecule has 1 N–H and O–H groups in total. The van der Waals surface area contributed by atoms with Crippen LogP contribution in [0.5, 0.6) is 5.75 Å². The summed E-state index contributed by atoms with van der Waals surface area (Å²) in [6.07, 6.45) is 0.743. The van der Waals surface area contributed by atoms with Gasteiger partial charge in [0.05, 0.1) is 6.54 Å². The Hall–Kier alpha value is -4.34. The largest absolute Gasteiger partial charge is 0.484 e. The van der Waals surface area contributed by atoms with Crippen LogP contribution in [-0.2, 0) is 4.74 Å². The third kappa shape index (κ3) is 6.99. The first kappa shape index (κ1) is 28.7. The molecule has 1 aliphatic rings. The van der Waals surface area contributed by atoms with Gasteiger partial charge in [-0.05, 0) is 57.5 Å². The average Bonchev–Trinajstić information content (AvgIpc) is 3.04. The van der Waals surface area contributed by atoms with Crippen molar-refractivity contribution in [3.8, 4) is 5.75 Å². The average molecular weight is 547 g/mol. The van der Waals surface area contributed by atoms with Crippen molar-refractivity contribution in [1.82, 2.24) is 14.9 Å². The van der Waals surface area contributed by atoms with Crippen molar-refractivity contribution in [3.05, 3.63) is 71.9 Å². The fourth-order valence-electron chi connectivity index (χ4n) is 4.32. The Labute approximate surface area is 235 Å². The standard InChI is InChI=1S/C30H38N6O4/c1-7-31-28-32-19-24-26(33-28)34(5)17-18-36(27(24)37)22-13-15-23(16-14-22)39-25(21-11-9-8-10-12-21)20-35(6)29(38)40-30(2,3)4/h8-16,19,25H,7,17-18,20H2,1-6H3,(H,31,32,33). The molecule has 40 heavy (non-hydrogen) atoms. The highest BCUT2D eigenvalue weighted by molar-refractivity contribution is 6.09. The minimum Gasteiger partial charge on any atom is -0.484 e. The minimum absolute atomic E-state index is 0.155. The molecule has 3 aromatic rings. The SMILES string of the molecule is CCNc1ncc2c(n1)N(C)CCN(c1ccc(OC(CN(C)C(=O)OC(C)(C)C)c3ccccc3)cc1)C2=O. The molecule has 0 spiro atoms. The summed E-state index contributed by atoms with van der Waals surface area (Å²) in [7, 11) is 3.62. The van der Waals surface area contributed by atoms with Gasteiger partial charge < -0.3 is 29.5 Å². The quantitative estimate of drug-likeness (QED) is 0.422. The van der Waals surface area contributed by atoms with Crippen LogP contribution >= 0.6 is 0 Å². The second-order valence-corrected chi connectivity index (χ2v) is 10.7. The minimum atomic E-state index is -0.592. The molecule has 1 aromatic heterocycles. The Kier molecular flexibility index (Phi) is 8.77. The molecule has 0 saturated heterocycles. The molecule has 0 fully saturated rings. The molecule has 0 aliphatic carbocycles. The predicted octanol–water partition coefficient (Wildman–Crippen LogP) is 4.99. The number of carbonyl (C=O) groups excluding carboxylic acids is 2. The van der Waals surface area contributed by atoms with Gasteiger partial charge in [0.2, 0.25) is 5.95 Å². The number of fused-ring (bicyclic) bond motifs is 1. The fourth-order valence-corrected chi connectivity index (χ4v) is 4.32. The number of nitrogens with one attached hydrogen (secondary N) is 1. The lowest BCUT2D eigenvalue weighted by molar-refractivity contribution is 0.0226. The van der Waals surface area contributed by atoms with Crippen molar-refractivity contribution >= 4 is 29.5 Å². The Morgan fingerprint density at radius 2 is 1.80 bits per heavy atom. The third-order valence-corrected chi connectivity index (χ3v) is 6.34. The van der Waals surface area contributed by atoms with Gasteiger partial charge in [0.1, 0.15) is 28.8 Å². The van der Waals surface area contributed by atoms with E-state index in [4.69, 9.17) is 9.47 Å². The Morgan fingerprint density at radius 1 is 1.10 bits per heavy atom. The maximum absolute atomic E-state index is 13.5. The second-order valence-electron chi connectivity index (χ2n) is 10.7. The number of hydrogen-bond acceptors (Lipinski definition) is 8. The van der Waals surface area contributed by atoms with Crippen molar-refractivity contribution in [2.75, 3.05) is 55.4 Å². The summed E-state index contributed by atoms with van der Waals surface area (Å²) in [5, 5.41) is 3.10. The Balaban J connectivity index is 1.52. The number of aromatic nitrogens is 2. The van der Waals surface area contributed by atoms with E-state index in [0.717, 1.165) is 11.3 Å². The van der Waals surface area contributed by atoms with E-state index in [1.54, 1.807) is 18.1 Å². The van der Waals surface area contributed by atoms with E-state index >= 15 is 0 Å². The summed E-state index contributed by atoms with van der Waals surface area (Å²) in [5.74, 6) is 1.57. The fraction of sp³-hybridized carbons (Fsp3) is 0.400. The van der Waals surface area contributed by atoms with Crippen LogP contribution in [0.3, 0.4) is 0 Å². The molecular formula is C30H38N6O4. The normalized spacial score (nSPS) is 14.2. The second kappa shape index (κ2) is 12.2. The lowest BCUT2D eigenvalue weighted by Gasteiger charge is -2.28. The van der Waals surface area contributed by atoms with Gasteiger partial charge in [0, 0.05) is 45.6 Å². The van der Waals surface area contributed by atoms with Crippen LogP contribution in [0.15, 0.2) is 60.8 Å². The van der Waals surface area contributed by atoms with Crippen LogP contribution in [0.2, 0.25) is 0 Å². The first-order valence-electron chi connectivity index (χ1n) is 13.5. The third-order valence-electron chi connectivity index (χ3n) is 6.34. The molecule has 4 rings (SSSR count). The van der Waals surface area contributed by atoms with E-state index in [1.807, 2.05) is 94.2 Å². The number of benzene rings is 2. The van der Waals surface area contributed by atoms with E-state index < -0.39 is 17.8 Å². The van der Waals surface area contributed by atoms with E-state index in [9.17, 15) is 9.59 Å². The van der Waals surface area contributed by atoms with E-state index in [2.05, 4.69) is 15.3 Å². The molecule has 0 saturated carbocycles. The van der Waals surface area contributed by atoms with Crippen LogP contribution in [0, 0.1) is 0 Å². The Morgan fingerprint density at radius 3 is 2.45 bits per heavy atom. The van der Waals surface area contributed by atoms with Crippen molar-refractivity contribution in [3.63, 3.8) is 0 Å². The zero-order valence-electron chi connectivity index (χ0n) is 24.0. The molecule has 0 bridgehead atoms. The Bertz CT molecular complexity index is 1310. The van der Waals surface area contributed by atoms with Gasteiger partial charge in [-0.1, -0.05) is 30.3 Å². The molecule has 1 aliphatic heterocycles. The molecule has 1 atom stereocenters. The maximum Gasteiger partial charge on any atom is 0.410 e. The molecular weight excluding hydrogens is 508 g/mol. The van der Waals surface area contributed by atoms with Gasteiger partial charge in [0.25, 0.3) is 5.91 Å². The first-order chi connectivity index (χ1) is 19.1.